The van der Waals surface area contributed by atoms with Gasteiger partial charge in [0.2, 0.25) is 5.91 Å². The highest BCUT2D eigenvalue weighted by Crippen LogP contribution is 2.25. The second-order valence-electron chi connectivity index (χ2n) is 3.88. The molecule has 0 spiro atoms. The number of carboxylic acid groups (broad SMARTS) is 1. The number of hydrogen-bond donors (Lipinski definition) is 3. The normalized spacial score (nSPS) is 12.3. The van der Waals surface area contributed by atoms with Gasteiger partial charge in [-0.25, -0.2) is 4.79 Å². The molecule has 1 atom stereocenters. The van der Waals surface area contributed by atoms with Crippen molar-refractivity contribution in [2.24, 2.45) is 0 Å². The molecule has 0 bridgehead atoms. The number of halogens is 2. The SMILES string of the molecule is O=C(C=Cc1c(Cl)cccc1Cl)NC(CCO)C(=O)O. The number of carboxylic acids is 1. The van der Waals surface area contributed by atoms with Crippen molar-refractivity contribution >= 4 is 41.2 Å². The van der Waals surface area contributed by atoms with Crippen molar-refractivity contribution in [2.75, 3.05) is 6.61 Å². The number of aliphatic carboxylic acids is 1. The van der Waals surface area contributed by atoms with E-state index in [1.165, 1.54) is 6.08 Å². The molecule has 1 unspecified atom stereocenters. The van der Waals surface area contributed by atoms with Crippen LogP contribution in [0.2, 0.25) is 10.0 Å². The minimum absolute atomic E-state index is 0.0677. The maximum Gasteiger partial charge on any atom is 0.326 e. The van der Waals surface area contributed by atoms with E-state index < -0.39 is 17.9 Å². The predicted octanol–water partition coefficient (Wildman–Crippen LogP) is 1.96. The van der Waals surface area contributed by atoms with Crippen LogP contribution in [0, 0.1) is 0 Å². The van der Waals surface area contributed by atoms with Gasteiger partial charge in [-0.1, -0.05) is 29.3 Å². The number of carbonyl (C=O) groups excluding carboxylic acids is 1. The molecule has 5 nitrogen and oxygen atoms in total. The number of aliphatic hydroxyl groups is 1. The van der Waals surface area contributed by atoms with Crippen LogP contribution in [0.1, 0.15) is 12.0 Å². The lowest BCUT2D eigenvalue weighted by Crippen LogP contribution is -2.40. The smallest absolute Gasteiger partial charge is 0.326 e. The molecule has 0 saturated heterocycles. The quantitative estimate of drug-likeness (QED) is 0.700. The third-order valence-corrected chi connectivity index (χ3v) is 3.09. The lowest BCUT2D eigenvalue weighted by molar-refractivity contribution is -0.141. The summed E-state index contributed by atoms with van der Waals surface area (Å²) >= 11 is 11.8. The molecular formula is C13H13Cl2NO4. The van der Waals surface area contributed by atoms with Crippen LogP contribution in [0.3, 0.4) is 0 Å². The molecule has 0 aromatic heterocycles. The highest BCUT2D eigenvalue weighted by Gasteiger charge is 2.17. The van der Waals surface area contributed by atoms with E-state index >= 15 is 0 Å². The average Bonchev–Trinajstić information content (AvgIpc) is 2.37. The molecule has 0 heterocycles. The highest BCUT2D eigenvalue weighted by molar-refractivity contribution is 6.37. The summed E-state index contributed by atoms with van der Waals surface area (Å²) in [6.07, 6.45) is 2.47. The molecular weight excluding hydrogens is 305 g/mol. The molecule has 0 aliphatic heterocycles. The van der Waals surface area contributed by atoms with Gasteiger partial charge < -0.3 is 15.5 Å². The molecule has 1 rings (SSSR count). The van der Waals surface area contributed by atoms with Gasteiger partial charge >= 0.3 is 5.97 Å². The second kappa shape index (κ2) is 7.89. The highest BCUT2D eigenvalue weighted by atomic mass is 35.5. The van der Waals surface area contributed by atoms with E-state index in [9.17, 15) is 9.59 Å². The molecule has 20 heavy (non-hydrogen) atoms. The zero-order valence-corrected chi connectivity index (χ0v) is 11.9. The van der Waals surface area contributed by atoms with Gasteiger partial charge in [-0.15, -0.1) is 0 Å². The van der Waals surface area contributed by atoms with Gasteiger partial charge in [-0.3, -0.25) is 4.79 Å². The number of carbonyl (C=O) groups is 2. The second-order valence-corrected chi connectivity index (χ2v) is 4.69. The van der Waals surface area contributed by atoms with Gasteiger partial charge in [-0.05, 0) is 18.2 Å². The van der Waals surface area contributed by atoms with Crippen LogP contribution in [0.5, 0.6) is 0 Å². The van der Waals surface area contributed by atoms with E-state index in [4.69, 9.17) is 33.4 Å². The first-order valence-electron chi connectivity index (χ1n) is 5.72. The van der Waals surface area contributed by atoms with Crippen LogP contribution in [-0.4, -0.2) is 34.7 Å². The third kappa shape index (κ3) is 4.85. The summed E-state index contributed by atoms with van der Waals surface area (Å²) in [7, 11) is 0. The molecule has 0 aliphatic rings. The van der Waals surface area contributed by atoms with Gasteiger partial charge in [0.15, 0.2) is 0 Å². The van der Waals surface area contributed by atoms with Crippen LogP contribution < -0.4 is 5.32 Å². The first-order chi connectivity index (χ1) is 9.45. The van der Waals surface area contributed by atoms with Crippen LogP contribution in [0.4, 0.5) is 0 Å². The van der Waals surface area contributed by atoms with E-state index in [0.717, 1.165) is 6.08 Å². The standard InChI is InChI=1S/C13H13Cl2NO4/c14-9-2-1-3-10(15)8(9)4-5-12(18)16-11(6-7-17)13(19)20/h1-5,11,17H,6-7H2,(H,16,18)(H,19,20). The Hall–Kier alpha value is -1.56. The molecule has 3 N–H and O–H groups in total. The zero-order chi connectivity index (χ0) is 15.1. The molecule has 7 heteroatoms. The van der Waals surface area contributed by atoms with Crippen molar-refractivity contribution < 1.29 is 19.8 Å². The monoisotopic (exact) mass is 317 g/mol. The van der Waals surface area contributed by atoms with Crippen LogP contribution in [-0.2, 0) is 9.59 Å². The minimum Gasteiger partial charge on any atom is -0.480 e. The van der Waals surface area contributed by atoms with E-state index in [1.54, 1.807) is 18.2 Å². The molecule has 1 amide bonds. The molecule has 108 valence electrons. The Morgan fingerprint density at radius 3 is 2.40 bits per heavy atom. The van der Waals surface area contributed by atoms with Gasteiger partial charge in [0.1, 0.15) is 6.04 Å². The summed E-state index contributed by atoms with van der Waals surface area (Å²) in [4.78, 5) is 22.4. The Balaban J connectivity index is 2.75. The largest absolute Gasteiger partial charge is 0.480 e. The Morgan fingerprint density at radius 1 is 1.30 bits per heavy atom. The Bertz CT molecular complexity index is 511. The van der Waals surface area contributed by atoms with Gasteiger partial charge in [0.05, 0.1) is 0 Å². The minimum atomic E-state index is -1.21. The molecule has 1 aromatic carbocycles. The summed E-state index contributed by atoms with van der Waals surface area (Å²) in [5, 5.41) is 20.6. The van der Waals surface area contributed by atoms with E-state index in [-0.39, 0.29) is 13.0 Å². The maximum absolute atomic E-state index is 11.6. The molecule has 1 aromatic rings. The van der Waals surface area contributed by atoms with E-state index in [1.807, 2.05) is 0 Å². The van der Waals surface area contributed by atoms with Crippen molar-refractivity contribution in [3.8, 4) is 0 Å². The van der Waals surface area contributed by atoms with Crippen molar-refractivity contribution in [1.29, 1.82) is 0 Å². The number of hydrogen-bond acceptors (Lipinski definition) is 3. The number of rotatable bonds is 6. The van der Waals surface area contributed by atoms with Gasteiger partial charge in [0, 0.05) is 34.7 Å². The first kappa shape index (κ1) is 16.5. The van der Waals surface area contributed by atoms with Crippen molar-refractivity contribution in [1.82, 2.24) is 5.32 Å². The van der Waals surface area contributed by atoms with Crippen molar-refractivity contribution in [2.45, 2.75) is 12.5 Å². The van der Waals surface area contributed by atoms with Crippen molar-refractivity contribution in [3.63, 3.8) is 0 Å². The number of nitrogens with one attached hydrogen (secondary N) is 1. The number of amides is 1. The summed E-state index contributed by atoms with van der Waals surface area (Å²) in [6, 6.07) is 3.77. The Morgan fingerprint density at radius 2 is 1.90 bits per heavy atom. The lowest BCUT2D eigenvalue weighted by Gasteiger charge is -2.11. The molecule has 0 aliphatic carbocycles. The molecule has 0 radical (unpaired) electrons. The fraction of sp³-hybridized carbons (Fsp3) is 0.231. The van der Waals surface area contributed by atoms with Crippen LogP contribution in [0.15, 0.2) is 24.3 Å². The lowest BCUT2D eigenvalue weighted by atomic mass is 10.2. The fourth-order valence-corrected chi connectivity index (χ4v) is 1.96. The fourth-order valence-electron chi connectivity index (χ4n) is 1.44. The molecule has 0 fully saturated rings. The third-order valence-electron chi connectivity index (χ3n) is 2.43. The van der Waals surface area contributed by atoms with Crippen LogP contribution >= 0.6 is 23.2 Å². The van der Waals surface area contributed by atoms with E-state index in [2.05, 4.69) is 5.32 Å². The summed E-state index contributed by atoms with van der Waals surface area (Å²) in [5.41, 5.74) is 0.472. The van der Waals surface area contributed by atoms with Crippen molar-refractivity contribution in [3.05, 3.63) is 39.9 Å². The average molecular weight is 318 g/mol. The first-order valence-corrected chi connectivity index (χ1v) is 6.47. The summed E-state index contributed by atoms with van der Waals surface area (Å²) < 4.78 is 0. The molecule has 0 saturated carbocycles. The summed E-state index contributed by atoms with van der Waals surface area (Å²) in [5.74, 6) is -1.82. The predicted molar refractivity (Wildman–Crippen MR) is 76.8 cm³/mol. The Kier molecular flexibility index (Phi) is 6.51. The zero-order valence-electron chi connectivity index (χ0n) is 10.3. The number of aliphatic hydroxyl groups excluding tert-OH is 1. The summed E-state index contributed by atoms with van der Waals surface area (Å²) in [6.45, 7) is -0.336. The number of benzene rings is 1. The maximum atomic E-state index is 11.6. The Labute approximate surface area is 125 Å². The van der Waals surface area contributed by atoms with Gasteiger partial charge in [-0.2, -0.15) is 0 Å². The van der Waals surface area contributed by atoms with E-state index in [0.29, 0.717) is 15.6 Å². The van der Waals surface area contributed by atoms with Crippen LogP contribution in [0.25, 0.3) is 6.08 Å². The topological polar surface area (TPSA) is 86.6 Å². The van der Waals surface area contributed by atoms with Gasteiger partial charge in [0.25, 0.3) is 0 Å².